The van der Waals surface area contributed by atoms with Gasteiger partial charge in [-0.2, -0.15) is 26.3 Å². The molecule has 0 aliphatic heterocycles. The highest BCUT2D eigenvalue weighted by molar-refractivity contribution is 7.85. The summed E-state index contributed by atoms with van der Waals surface area (Å²) in [6.45, 7) is 3.43. The summed E-state index contributed by atoms with van der Waals surface area (Å²) < 4.78 is 119. The van der Waals surface area contributed by atoms with Crippen molar-refractivity contribution in [2.45, 2.75) is 50.1 Å². The quantitative estimate of drug-likeness (QED) is 0.334. The van der Waals surface area contributed by atoms with Gasteiger partial charge in [-0.25, -0.2) is 8.42 Å². The maximum Gasteiger partial charge on any atom is 0.438 e. The number of fused-ring (bicyclic) bond motifs is 1. The topological polar surface area (TPSA) is 83.5 Å². The van der Waals surface area contributed by atoms with Crippen LogP contribution in [0.25, 0.3) is 0 Å². The third-order valence-electron chi connectivity index (χ3n) is 6.13. The molecule has 0 radical (unpaired) electrons. The first-order chi connectivity index (χ1) is 15.0. The Labute approximate surface area is 185 Å². The molecule has 3 atom stereocenters. The summed E-state index contributed by atoms with van der Waals surface area (Å²) in [5, 5.41) is 0. The lowest BCUT2D eigenvalue weighted by Gasteiger charge is -2.46. The first-order valence-corrected chi connectivity index (χ1v) is 11.3. The summed E-state index contributed by atoms with van der Waals surface area (Å²) in [5.41, 5.74) is -2.72. The molecule has 0 aromatic heterocycles. The molecule has 0 amide bonds. The molecule has 33 heavy (non-hydrogen) atoms. The molecule has 0 saturated carbocycles. The summed E-state index contributed by atoms with van der Waals surface area (Å²) in [6, 6.07) is 6.76. The van der Waals surface area contributed by atoms with E-state index in [4.69, 9.17) is 0 Å². The van der Waals surface area contributed by atoms with Crippen LogP contribution >= 0.6 is 0 Å². The minimum Gasteiger partial charge on any atom is -0.748 e. The zero-order valence-corrected chi connectivity index (χ0v) is 18.1. The van der Waals surface area contributed by atoms with Crippen molar-refractivity contribution in [3.8, 4) is 0 Å². The predicted molar refractivity (Wildman–Crippen MR) is 103 cm³/mol. The maximum absolute atomic E-state index is 13.6. The van der Waals surface area contributed by atoms with Gasteiger partial charge in [0.2, 0.25) is 0 Å². The van der Waals surface area contributed by atoms with Crippen molar-refractivity contribution >= 4 is 16.1 Å². The molecule has 3 aliphatic rings. The van der Waals surface area contributed by atoms with Crippen molar-refractivity contribution in [1.82, 2.24) is 0 Å². The van der Waals surface area contributed by atoms with E-state index in [1.54, 1.807) is 50.3 Å². The van der Waals surface area contributed by atoms with Crippen LogP contribution in [0.2, 0.25) is 0 Å². The van der Waals surface area contributed by atoms with E-state index < -0.39 is 57.5 Å². The first-order valence-electron chi connectivity index (χ1n) is 9.76. The third kappa shape index (κ3) is 4.30. The van der Waals surface area contributed by atoms with Gasteiger partial charge in [-0.1, -0.05) is 42.0 Å². The number of ether oxygens (including phenoxy) is 1. The Hall–Kier alpha value is -2.34. The molecule has 4 rings (SSSR count). The zero-order valence-electron chi connectivity index (χ0n) is 17.3. The lowest BCUT2D eigenvalue weighted by Crippen LogP contribution is -2.64. The number of carbonyl (C=O) groups excluding carboxylic acids is 1. The van der Waals surface area contributed by atoms with Crippen LogP contribution in [0.5, 0.6) is 0 Å². The van der Waals surface area contributed by atoms with Gasteiger partial charge in [0, 0.05) is 11.8 Å². The molecule has 3 unspecified atom stereocenters. The lowest BCUT2D eigenvalue weighted by molar-refractivity contribution is -0.362. The van der Waals surface area contributed by atoms with Crippen molar-refractivity contribution in [3.63, 3.8) is 0 Å². The average molecular weight is 497 g/mol. The van der Waals surface area contributed by atoms with Crippen LogP contribution in [0.1, 0.15) is 43.2 Å². The van der Waals surface area contributed by atoms with Gasteiger partial charge in [0.25, 0.3) is 0 Å². The van der Waals surface area contributed by atoms with Crippen LogP contribution in [0.15, 0.2) is 47.6 Å². The maximum atomic E-state index is 13.6. The SMILES string of the molecule is C/C=C\C1=C(C)C2CC(C(=O)OC(CS(=O)(=O)[O-])(C(F)(F)F)C(F)(F)F)C1c1ccccc12. The third-order valence-corrected chi connectivity index (χ3v) is 6.89. The molecular formula is C21H19F6O5S-. The van der Waals surface area contributed by atoms with Crippen LogP contribution in [-0.2, 0) is 19.6 Å². The van der Waals surface area contributed by atoms with Crippen LogP contribution in [0, 0.1) is 5.92 Å². The molecule has 2 bridgehead atoms. The van der Waals surface area contributed by atoms with E-state index in [-0.39, 0.29) is 6.42 Å². The van der Waals surface area contributed by atoms with Crippen molar-refractivity contribution in [2.75, 3.05) is 5.75 Å². The number of carbonyl (C=O) groups is 1. The van der Waals surface area contributed by atoms with Gasteiger partial charge in [-0.05, 0) is 37.0 Å². The Morgan fingerprint density at radius 1 is 1.12 bits per heavy atom. The summed E-state index contributed by atoms with van der Waals surface area (Å²) >= 11 is 0. The largest absolute Gasteiger partial charge is 0.748 e. The fraction of sp³-hybridized carbons (Fsp3) is 0.476. The summed E-state index contributed by atoms with van der Waals surface area (Å²) in [5.74, 6) is -7.67. The Balaban J connectivity index is 2.11. The normalized spacial score (nSPS) is 23.7. The fourth-order valence-electron chi connectivity index (χ4n) is 4.70. The number of hydrogen-bond acceptors (Lipinski definition) is 5. The van der Waals surface area contributed by atoms with E-state index in [0.717, 1.165) is 11.1 Å². The Morgan fingerprint density at radius 2 is 1.67 bits per heavy atom. The van der Waals surface area contributed by atoms with E-state index in [9.17, 15) is 44.1 Å². The van der Waals surface area contributed by atoms with E-state index in [1.807, 2.05) is 0 Å². The van der Waals surface area contributed by atoms with E-state index in [2.05, 4.69) is 4.74 Å². The smallest absolute Gasteiger partial charge is 0.438 e. The second-order valence-corrected chi connectivity index (χ2v) is 9.49. The molecule has 0 saturated heterocycles. The molecule has 3 aliphatic carbocycles. The Kier molecular flexibility index (Phi) is 6.25. The molecule has 5 nitrogen and oxygen atoms in total. The van der Waals surface area contributed by atoms with Gasteiger partial charge in [-0.15, -0.1) is 0 Å². The van der Waals surface area contributed by atoms with Gasteiger partial charge in [-0.3, -0.25) is 4.79 Å². The molecule has 1 aromatic rings. The predicted octanol–water partition coefficient (Wildman–Crippen LogP) is 4.73. The second kappa shape index (κ2) is 8.15. The molecule has 0 spiro atoms. The zero-order chi connectivity index (χ0) is 25.0. The first kappa shape index (κ1) is 25.3. The molecule has 12 heteroatoms. The number of allylic oxidation sites excluding steroid dienone is 4. The van der Waals surface area contributed by atoms with Crippen molar-refractivity contribution in [1.29, 1.82) is 0 Å². The van der Waals surface area contributed by atoms with Gasteiger partial charge < -0.3 is 9.29 Å². The molecular weight excluding hydrogens is 478 g/mol. The van der Waals surface area contributed by atoms with Gasteiger partial charge in [0.1, 0.15) is 0 Å². The number of hydrogen-bond donors (Lipinski definition) is 0. The highest BCUT2D eigenvalue weighted by atomic mass is 32.2. The molecule has 0 N–H and O–H groups in total. The van der Waals surface area contributed by atoms with Gasteiger partial charge in [0.05, 0.1) is 21.8 Å². The molecule has 0 heterocycles. The highest BCUT2D eigenvalue weighted by Crippen LogP contribution is 2.57. The van der Waals surface area contributed by atoms with Crippen LogP contribution < -0.4 is 0 Å². The van der Waals surface area contributed by atoms with E-state index >= 15 is 0 Å². The monoisotopic (exact) mass is 497 g/mol. The summed E-state index contributed by atoms with van der Waals surface area (Å²) in [4.78, 5) is 12.9. The second-order valence-electron chi connectivity index (χ2n) is 8.09. The number of esters is 1. The van der Waals surface area contributed by atoms with Crippen molar-refractivity contribution < 1.29 is 48.8 Å². The lowest BCUT2D eigenvalue weighted by atomic mass is 9.59. The molecule has 1 aromatic carbocycles. The summed E-state index contributed by atoms with van der Waals surface area (Å²) in [7, 11) is -6.10. The van der Waals surface area contributed by atoms with Crippen LogP contribution in [-0.4, -0.2) is 42.6 Å². The standard InChI is InChI=1S/C21H20F6O5S/c1-3-6-12-11(2)15-9-16(17(12)14-8-5-4-7-13(14)15)18(28)32-19(20(22,23)24,21(25,26)27)10-33(29,30)31/h3-8,15-17H,9-10H2,1-2H3,(H,29,30,31)/p-1/b6-3-. The number of alkyl halides is 6. The minimum atomic E-state index is -6.40. The van der Waals surface area contributed by atoms with Gasteiger partial charge in [0.15, 0.2) is 0 Å². The van der Waals surface area contributed by atoms with Crippen molar-refractivity contribution in [2.24, 2.45) is 5.92 Å². The summed E-state index contributed by atoms with van der Waals surface area (Å²) in [6.07, 6.45) is -9.66. The molecule has 0 fully saturated rings. The average Bonchev–Trinajstić information content (AvgIpc) is 2.67. The van der Waals surface area contributed by atoms with E-state index in [1.165, 1.54) is 0 Å². The highest BCUT2D eigenvalue weighted by Gasteiger charge is 2.75. The van der Waals surface area contributed by atoms with Gasteiger partial charge >= 0.3 is 23.9 Å². The van der Waals surface area contributed by atoms with Crippen LogP contribution in [0.4, 0.5) is 26.3 Å². The fourth-order valence-corrected chi connectivity index (χ4v) is 5.58. The number of halogens is 6. The Bertz CT molecular complexity index is 1100. The number of rotatable bonds is 5. The van der Waals surface area contributed by atoms with Crippen molar-refractivity contribution in [3.05, 3.63) is 58.7 Å². The minimum absolute atomic E-state index is 0.122. The van der Waals surface area contributed by atoms with Crippen LogP contribution in [0.3, 0.4) is 0 Å². The molecule has 182 valence electrons. The van der Waals surface area contributed by atoms with E-state index in [0.29, 0.717) is 11.1 Å². The number of benzene rings is 1. The Morgan fingerprint density at radius 3 is 2.15 bits per heavy atom.